The van der Waals surface area contributed by atoms with Gasteiger partial charge in [-0.05, 0) is 124 Å². The molecule has 26 heteroatoms. The van der Waals surface area contributed by atoms with Gasteiger partial charge in [0.2, 0.25) is 0 Å². The molecule has 84 heavy (non-hydrogen) atoms. The monoisotopic (exact) mass is 1210 g/mol. The van der Waals surface area contributed by atoms with Gasteiger partial charge in [0.1, 0.15) is 110 Å². The summed E-state index contributed by atoms with van der Waals surface area (Å²) in [6, 6.07) is 0. The fourth-order valence-electron chi connectivity index (χ4n) is 17.2. The normalized spacial score (nSPS) is 52.9. The van der Waals surface area contributed by atoms with Gasteiger partial charge < -0.3 is 129 Å². The van der Waals surface area contributed by atoms with E-state index in [2.05, 4.69) is 40.7 Å². The van der Waals surface area contributed by atoms with Gasteiger partial charge in [-0.15, -0.1) is 0 Å². The van der Waals surface area contributed by atoms with E-state index in [1.165, 1.54) is 0 Å². The van der Waals surface area contributed by atoms with E-state index in [0.29, 0.717) is 38.5 Å². The summed E-state index contributed by atoms with van der Waals surface area (Å²) in [5.74, 6) is -0.585. The molecule has 0 aromatic carbocycles. The minimum absolute atomic E-state index is 0.0110. The highest BCUT2D eigenvalue weighted by Gasteiger charge is 2.72. The van der Waals surface area contributed by atoms with Crippen molar-refractivity contribution in [2.45, 2.75) is 272 Å². The van der Waals surface area contributed by atoms with Crippen LogP contribution in [0.4, 0.5) is 0 Å². The lowest BCUT2D eigenvalue weighted by molar-refractivity contribution is -0.386. The van der Waals surface area contributed by atoms with Gasteiger partial charge in [-0.1, -0.05) is 46.3 Å². The molecule has 0 aromatic heterocycles. The molecule has 33 atom stereocenters. The zero-order valence-electron chi connectivity index (χ0n) is 49.5. The van der Waals surface area contributed by atoms with Gasteiger partial charge in [0.25, 0.3) is 0 Å². The Morgan fingerprint density at radius 2 is 1.07 bits per heavy atom. The van der Waals surface area contributed by atoms with Crippen molar-refractivity contribution in [3.05, 3.63) is 11.6 Å². The van der Waals surface area contributed by atoms with Gasteiger partial charge in [0.05, 0.1) is 50.8 Å². The number of fused-ring (bicyclic) bond motifs is 5. The maximum absolute atomic E-state index is 12.9. The van der Waals surface area contributed by atoms with Crippen LogP contribution in [-0.2, 0) is 47.4 Å². The average molecular weight is 1210 g/mol. The molecule has 0 aromatic rings. The SMILES string of the molecule is CC(C)=CCC[C@](C)(O[C@@H]1O[C@H](CO[C@@H]2O[C@@H](CO)[C@H](O)[C@H]2O[C@@H]2OC[C@@H](O)[C@H](O)[C@H]2O)[C@@H](O)[C@H](O)[C@H]1O)[C@H]1CC[C@]2(C)[C@@H]1[C@H](O)C[C@@H]1[C@@]3(C)CC[C@H](O[C@H]4[C@H](O[C@@H]5O[C@H](CO)[C@@H](O)[C@H](O)[C@H]5O)O[C@H](CO)[C@@H](O)[C@@H]4O)C(C)(C)[C@@H]3CC[C@]12C. The van der Waals surface area contributed by atoms with Crippen molar-refractivity contribution in [3.8, 4) is 0 Å². The highest BCUT2D eigenvalue weighted by atomic mass is 16.8. The first-order valence-electron chi connectivity index (χ1n) is 30.2. The Morgan fingerprint density at radius 3 is 1.71 bits per heavy atom. The van der Waals surface area contributed by atoms with Crippen molar-refractivity contribution < 1.29 is 129 Å². The van der Waals surface area contributed by atoms with Crippen LogP contribution in [0.5, 0.6) is 0 Å². The second kappa shape index (κ2) is 25.8. The Balaban J connectivity index is 0.918. The van der Waals surface area contributed by atoms with Crippen molar-refractivity contribution in [1.29, 1.82) is 0 Å². The smallest absolute Gasteiger partial charge is 0.190 e. The largest absolute Gasteiger partial charge is 0.394 e. The van der Waals surface area contributed by atoms with Crippen LogP contribution in [0.2, 0.25) is 0 Å². The second-order valence-corrected chi connectivity index (χ2v) is 27.6. The van der Waals surface area contributed by atoms with Crippen molar-refractivity contribution in [1.82, 2.24) is 0 Å². The molecule has 9 rings (SSSR count). The molecule has 0 unspecified atom stereocenters. The Kier molecular flexibility index (Phi) is 20.6. The van der Waals surface area contributed by atoms with Gasteiger partial charge in [0, 0.05) is 0 Å². The molecule has 9 aliphatic rings. The van der Waals surface area contributed by atoms with Gasteiger partial charge in [-0.3, -0.25) is 0 Å². The number of allylic oxidation sites excluding steroid dienone is 2. The quantitative estimate of drug-likeness (QED) is 0.0605. The van der Waals surface area contributed by atoms with Crippen LogP contribution < -0.4 is 0 Å². The molecule has 0 spiro atoms. The highest BCUT2D eigenvalue weighted by molar-refractivity contribution is 5.21. The van der Waals surface area contributed by atoms with E-state index in [4.69, 9.17) is 47.4 Å². The topological polar surface area (TPSA) is 416 Å². The first-order valence-corrected chi connectivity index (χ1v) is 30.2. The van der Waals surface area contributed by atoms with Crippen LogP contribution in [0.15, 0.2) is 11.6 Å². The van der Waals surface area contributed by atoms with Crippen LogP contribution in [0.1, 0.15) is 113 Å². The molecular formula is C58H98O26. The van der Waals surface area contributed by atoms with Gasteiger partial charge in [-0.25, -0.2) is 0 Å². The second-order valence-electron chi connectivity index (χ2n) is 27.6. The third kappa shape index (κ3) is 11.9. The third-order valence-electron chi connectivity index (χ3n) is 22.3. The zero-order chi connectivity index (χ0) is 61.5. The summed E-state index contributed by atoms with van der Waals surface area (Å²) in [6.45, 7) is 14.1. The van der Waals surface area contributed by atoms with E-state index < -0.39 is 203 Å². The number of hydrogen-bond acceptors (Lipinski definition) is 26. The standard InChI is InChI=1S/C58H98O26/c1-24(2)10-9-14-58(8,84-51-46(74)42(70)39(67)31(80-51)23-76-52-47(40(68)30(21-61)78-52)82-49-44(72)36(64)27(63)22-75-49)25-11-16-57(7)35(25)26(62)18-33-55(5)15-13-34(54(3,4)32(55)12-17-56(33,57)6)81-48-43(71)38(66)29(20-60)79-53(48)83-50-45(73)41(69)37(65)28(19-59)77-50/h10,25-53,59-74H,9,11-23H2,1-8H3/t25-,26+,27+,28+,29+,30-,31+,32-,33+,34-,35-,36-,37+,38+,39+,40-,41-,42-,43-,44+,45+,46+,47+,48+,49-,50-,51-,52+,53-,55-,56+,57+,58-/m0/s1. The average Bonchev–Trinajstić information content (AvgIpc) is 1.21. The maximum Gasteiger partial charge on any atom is 0.190 e. The predicted octanol–water partition coefficient (Wildman–Crippen LogP) is -3.10. The first-order chi connectivity index (χ1) is 39.4. The fraction of sp³-hybridized carbons (Fsp3) is 0.966. The van der Waals surface area contributed by atoms with Crippen LogP contribution in [-0.4, -0.2) is 274 Å². The van der Waals surface area contributed by atoms with Crippen LogP contribution in [0.25, 0.3) is 0 Å². The molecule has 0 bridgehead atoms. The Bertz CT molecular complexity index is 2210. The molecule has 5 heterocycles. The molecule has 5 aliphatic heterocycles. The minimum Gasteiger partial charge on any atom is -0.394 e. The molecule has 4 saturated carbocycles. The summed E-state index contributed by atoms with van der Waals surface area (Å²) in [4.78, 5) is 0. The lowest BCUT2D eigenvalue weighted by atomic mass is 9.35. The number of ether oxygens (including phenoxy) is 10. The Labute approximate surface area is 490 Å². The van der Waals surface area contributed by atoms with Crippen molar-refractivity contribution >= 4 is 0 Å². The molecular weight excluding hydrogens is 1110 g/mol. The lowest BCUT2D eigenvalue weighted by Crippen LogP contribution is -2.68. The molecule has 486 valence electrons. The molecule has 5 saturated heterocycles. The summed E-state index contributed by atoms with van der Waals surface area (Å²) >= 11 is 0. The van der Waals surface area contributed by atoms with E-state index in [1.54, 1.807) is 0 Å². The summed E-state index contributed by atoms with van der Waals surface area (Å²) in [7, 11) is 0. The van der Waals surface area contributed by atoms with Crippen LogP contribution in [0, 0.1) is 45.3 Å². The van der Waals surface area contributed by atoms with Crippen molar-refractivity contribution in [2.75, 3.05) is 33.0 Å². The van der Waals surface area contributed by atoms with Crippen LogP contribution >= 0.6 is 0 Å². The summed E-state index contributed by atoms with van der Waals surface area (Å²) in [5.41, 5.74) is -1.76. The fourth-order valence-corrected chi connectivity index (χ4v) is 17.2. The summed E-state index contributed by atoms with van der Waals surface area (Å²) < 4.78 is 60.7. The number of hydrogen-bond donors (Lipinski definition) is 16. The van der Waals surface area contributed by atoms with E-state index in [1.807, 2.05) is 20.8 Å². The number of aliphatic hydroxyl groups excluding tert-OH is 16. The molecule has 9 fully saturated rings. The van der Waals surface area contributed by atoms with Gasteiger partial charge >= 0.3 is 0 Å². The molecule has 16 N–H and O–H groups in total. The molecule has 0 radical (unpaired) electrons. The Hall–Kier alpha value is -1.30. The summed E-state index contributed by atoms with van der Waals surface area (Å²) in [6.07, 6.45) is -29.7. The van der Waals surface area contributed by atoms with Gasteiger partial charge in [-0.2, -0.15) is 0 Å². The number of aliphatic hydroxyl groups is 16. The zero-order valence-corrected chi connectivity index (χ0v) is 49.5. The van der Waals surface area contributed by atoms with E-state index in [9.17, 15) is 81.7 Å². The third-order valence-corrected chi connectivity index (χ3v) is 22.3. The van der Waals surface area contributed by atoms with E-state index in [0.717, 1.165) is 24.8 Å². The highest BCUT2D eigenvalue weighted by Crippen LogP contribution is 2.76. The maximum atomic E-state index is 12.9. The van der Waals surface area contributed by atoms with Crippen molar-refractivity contribution in [2.24, 2.45) is 45.3 Å². The number of rotatable bonds is 18. The van der Waals surface area contributed by atoms with Crippen molar-refractivity contribution in [3.63, 3.8) is 0 Å². The molecule has 26 nitrogen and oxygen atoms in total. The predicted molar refractivity (Wildman–Crippen MR) is 287 cm³/mol. The van der Waals surface area contributed by atoms with Crippen LogP contribution in [0.3, 0.4) is 0 Å². The molecule has 4 aliphatic carbocycles. The molecule has 0 amide bonds. The summed E-state index contributed by atoms with van der Waals surface area (Å²) in [5, 5.41) is 174. The van der Waals surface area contributed by atoms with Gasteiger partial charge in [0.15, 0.2) is 31.5 Å². The first kappa shape index (κ1) is 67.1. The Morgan fingerprint density at radius 1 is 0.524 bits per heavy atom. The lowest BCUT2D eigenvalue weighted by Gasteiger charge is -2.71. The van der Waals surface area contributed by atoms with E-state index >= 15 is 0 Å². The minimum atomic E-state index is -1.81. The van der Waals surface area contributed by atoms with E-state index in [-0.39, 0.29) is 34.5 Å².